The Hall–Kier alpha value is -0.930. The van der Waals surface area contributed by atoms with Crippen LogP contribution in [0.3, 0.4) is 0 Å². The molecule has 78 valence electrons. The lowest BCUT2D eigenvalue weighted by molar-refractivity contribution is 0.163. The highest BCUT2D eigenvalue weighted by molar-refractivity contribution is 5.31. The fraction of sp³-hybridized carbons (Fsp3) is 0.455. The first-order valence-corrected chi connectivity index (χ1v) is 4.78. The van der Waals surface area contributed by atoms with Gasteiger partial charge >= 0.3 is 0 Å². The first-order chi connectivity index (χ1) is 6.57. The molecule has 0 bridgehead atoms. The van der Waals surface area contributed by atoms with Crippen molar-refractivity contribution in [3.05, 3.63) is 35.1 Å². The second kappa shape index (κ2) is 4.53. The van der Waals surface area contributed by atoms with Crippen molar-refractivity contribution in [2.24, 2.45) is 5.73 Å². The van der Waals surface area contributed by atoms with Crippen LogP contribution in [0.1, 0.15) is 31.0 Å². The van der Waals surface area contributed by atoms with Gasteiger partial charge in [0.25, 0.3) is 0 Å². The number of aliphatic hydroxyl groups is 1. The lowest BCUT2D eigenvalue weighted by atomic mass is 9.96. The molecule has 0 aliphatic rings. The lowest BCUT2D eigenvalue weighted by Crippen LogP contribution is -2.24. The van der Waals surface area contributed by atoms with Crippen LogP contribution in [0.5, 0.6) is 0 Å². The summed E-state index contributed by atoms with van der Waals surface area (Å²) in [7, 11) is 0. The average Bonchev–Trinajstić information content (AvgIpc) is 2.16. The van der Waals surface area contributed by atoms with Gasteiger partial charge in [-0.3, -0.25) is 0 Å². The Kier molecular flexibility index (Phi) is 3.61. The number of rotatable bonds is 3. The predicted molar refractivity (Wildman–Crippen MR) is 54.4 cm³/mol. The number of hydrogen-bond donors (Lipinski definition) is 2. The molecule has 0 saturated heterocycles. The zero-order valence-electron chi connectivity index (χ0n) is 8.50. The van der Waals surface area contributed by atoms with E-state index in [0.717, 1.165) is 0 Å². The van der Waals surface area contributed by atoms with E-state index in [1.165, 1.54) is 6.07 Å². The Morgan fingerprint density at radius 2 is 2.14 bits per heavy atom. The van der Waals surface area contributed by atoms with Gasteiger partial charge in [0.05, 0.1) is 12.1 Å². The molecule has 0 amide bonds. The van der Waals surface area contributed by atoms with Crippen molar-refractivity contribution >= 4 is 0 Å². The summed E-state index contributed by atoms with van der Waals surface area (Å²) in [4.78, 5) is 0. The van der Waals surface area contributed by atoms with E-state index < -0.39 is 12.1 Å². The summed E-state index contributed by atoms with van der Waals surface area (Å²) in [6.07, 6.45) is -0.0790. The number of benzene rings is 1. The maximum atomic E-state index is 13.3. The first kappa shape index (κ1) is 11.1. The molecule has 0 aliphatic carbocycles. The molecule has 0 heterocycles. The summed E-state index contributed by atoms with van der Waals surface area (Å²) < 4.78 is 13.3. The maximum Gasteiger partial charge on any atom is 0.126 e. The van der Waals surface area contributed by atoms with E-state index in [0.29, 0.717) is 17.5 Å². The minimum Gasteiger partial charge on any atom is -0.391 e. The Bertz CT molecular complexity index is 312. The van der Waals surface area contributed by atoms with Crippen molar-refractivity contribution in [3.63, 3.8) is 0 Å². The quantitative estimate of drug-likeness (QED) is 0.775. The summed E-state index contributed by atoms with van der Waals surface area (Å²) in [5.74, 6) is -0.249. The Morgan fingerprint density at radius 3 is 2.64 bits per heavy atom. The van der Waals surface area contributed by atoms with Gasteiger partial charge in [-0.05, 0) is 30.5 Å². The third-order valence-corrected chi connectivity index (χ3v) is 2.39. The van der Waals surface area contributed by atoms with Crippen LogP contribution >= 0.6 is 0 Å². The van der Waals surface area contributed by atoms with E-state index in [4.69, 9.17) is 5.73 Å². The van der Waals surface area contributed by atoms with Crippen molar-refractivity contribution in [1.29, 1.82) is 0 Å². The van der Waals surface area contributed by atoms with Gasteiger partial charge in [0.1, 0.15) is 5.82 Å². The largest absolute Gasteiger partial charge is 0.391 e. The number of halogens is 1. The second-order valence-corrected chi connectivity index (χ2v) is 3.43. The molecule has 3 N–H and O–H groups in total. The minimum absolute atomic E-state index is 0.249. The molecule has 0 fully saturated rings. The molecule has 0 saturated carbocycles. The highest BCUT2D eigenvalue weighted by atomic mass is 19.1. The van der Waals surface area contributed by atoms with Crippen LogP contribution < -0.4 is 5.73 Å². The van der Waals surface area contributed by atoms with Crippen LogP contribution in [0.2, 0.25) is 0 Å². The van der Waals surface area contributed by atoms with E-state index in [1.54, 1.807) is 19.1 Å². The zero-order valence-corrected chi connectivity index (χ0v) is 8.50. The maximum absolute atomic E-state index is 13.3. The van der Waals surface area contributed by atoms with E-state index in [-0.39, 0.29) is 5.82 Å². The first-order valence-electron chi connectivity index (χ1n) is 4.78. The zero-order chi connectivity index (χ0) is 10.7. The molecule has 2 atom stereocenters. The average molecular weight is 197 g/mol. The molecule has 3 heteroatoms. The van der Waals surface area contributed by atoms with Gasteiger partial charge in [-0.15, -0.1) is 0 Å². The Labute approximate surface area is 83.6 Å². The summed E-state index contributed by atoms with van der Waals surface area (Å²) in [5, 5.41) is 9.34. The van der Waals surface area contributed by atoms with Gasteiger partial charge in [0, 0.05) is 0 Å². The van der Waals surface area contributed by atoms with Gasteiger partial charge in [-0.2, -0.15) is 0 Å². The smallest absolute Gasteiger partial charge is 0.126 e. The second-order valence-electron chi connectivity index (χ2n) is 3.43. The van der Waals surface area contributed by atoms with Crippen LogP contribution in [-0.2, 0) is 6.42 Å². The third kappa shape index (κ3) is 2.11. The molecule has 1 rings (SSSR count). The Morgan fingerprint density at radius 1 is 1.50 bits per heavy atom. The fourth-order valence-electron chi connectivity index (χ4n) is 1.52. The van der Waals surface area contributed by atoms with Crippen molar-refractivity contribution < 1.29 is 9.50 Å². The van der Waals surface area contributed by atoms with Crippen LogP contribution in [0.15, 0.2) is 18.2 Å². The topological polar surface area (TPSA) is 46.2 Å². The van der Waals surface area contributed by atoms with Crippen molar-refractivity contribution in [1.82, 2.24) is 0 Å². The molecule has 14 heavy (non-hydrogen) atoms. The summed E-state index contributed by atoms with van der Waals surface area (Å²) in [6, 6.07) is 4.28. The third-order valence-electron chi connectivity index (χ3n) is 2.39. The summed E-state index contributed by atoms with van der Waals surface area (Å²) in [6.45, 7) is 3.48. The Balaban J connectivity index is 3.13. The number of nitrogens with two attached hydrogens (primary N) is 1. The fourth-order valence-corrected chi connectivity index (χ4v) is 1.52. The molecule has 1 aromatic carbocycles. The molecule has 0 spiro atoms. The van der Waals surface area contributed by atoms with E-state index in [9.17, 15) is 9.50 Å². The highest BCUT2D eigenvalue weighted by Gasteiger charge is 2.16. The monoisotopic (exact) mass is 197 g/mol. The van der Waals surface area contributed by atoms with Crippen molar-refractivity contribution in [2.45, 2.75) is 32.4 Å². The van der Waals surface area contributed by atoms with E-state index >= 15 is 0 Å². The van der Waals surface area contributed by atoms with Crippen LogP contribution in [0.25, 0.3) is 0 Å². The molecular formula is C11H16FNO. The van der Waals surface area contributed by atoms with Gasteiger partial charge in [0.15, 0.2) is 0 Å². The van der Waals surface area contributed by atoms with Crippen LogP contribution in [0, 0.1) is 5.82 Å². The molecule has 0 radical (unpaired) electrons. The standard InChI is InChI=1S/C11H16FNO/c1-3-8-9(11(13)7(2)14)5-4-6-10(8)12/h4-7,11,14H,3,13H2,1-2H3/t7-,11+/m1/s1. The summed E-state index contributed by atoms with van der Waals surface area (Å²) >= 11 is 0. The van der Waals surface area contributed by atoms with Crippen LogP contribution in [0.4, 0.5) is 4.39 Å². The van der Waals surface area contributed by atoms with Gasteiger partial charge in [0.2, 0.25) is 0 Å². The van der Waals surface area contributed by atoms with Gasteiger partial charge in [-0.25, -0.2) is 4.39 Å². The molecule has 2 nitrogen and oxygen atoms in total. The minimum atomic E-state index is -0.665. The highest BCUT2D eigenvalue weighted by Crippen LogP contribution is 2.21. The van der Waals surface area contributed by atoms with Crippen molar-refractivity contribution in [2.75, 3.05) is 0 Å². The molecular weight excluding hydrogens is 181 g/mol. The SMILES string of the molecule is CCc1c(F)cccc1[C@@H](N)[C@@H](C)O. The van der Waals surface area contributed by atoms with Gasteiger partial charge < -0.3 is 10.8 Å². The van der Waals surface area contributed by atoms with E-state index in [2.05, 4.69) is 0 Å². The normalized spacial score (nSPS) is 15.2. The summed E-state index contributed by atoms with van der Waals surface area (Å²) in [5.41, 5.74) is 7.06. The van der Waals surface area contributed by atoms with E-state index in [1.807, 2.05) is 6.92 Å². The molecule has 0 unspecified atom stereocenters. The molecule has 0 aliphatic heterocycles. The number of aliphatic hydroxyl groups excluding tert-OH is 1. The predicted octanol–water partition coefficient (Wildman–Crippen LogP) is 1.77. The molecule has 0 aromatic heterocycles. The number of hydrogen-bond acceptors (Lipinski definition) is 2. The lowest BCUT2D eigenvalue weighted by Gasteiger charge is -2.18. The van der Waals surface area contributed by atoms with Crippen LogP contribution in [-0.4, -0.2) is 11.2 Å². The van der Waals surface area contributed by atoms with Crippen molar-refractivity contribution in [3.8, 4) is 0 Å². The van der Waals surface area contributed by atoms with Gasteiger partial charge in [-0.1, -0.05) is 19.1 Å². The molecule has 1 aromatic rings.